The van der Waals surface area contributed by atoms with E-state index in [9.17, 15) is 18.0 Å². The first-order valence-corrected chi connectivity index (χ1v) is 16.8. The van der Waals surface area contributed by atoms with Crippen molar-refractivity contribution < 1.29 is 18.0 Å². The van der Waals surface area contributed by atoms with Crippen LogP contribution in [0.5, 0.6) is 0 Å². The van der Waals surface area contributed by atoms with Crippen molar-refractivity contribution in [1.29, 1.82) is 0 Å². The lowest BCUT2D eigenvalue weighted by atomic mass is 10.0. The molecule has 0 spiro atoms. The van der Waals surface area contributed by atoms with Crippen LogP contribution in [0.25, 0.3) is 0 Å². The van der Waals surface area contributed by atoms with Crippen molar-refractivity contribution in [2.24, 2.45) is 5.92 Å². The molecule has 0 aliphatic rings. The molecule has 1 atom stereocenters. The number of nitrogens with zero attached hydrogens (tertiary/aromatic N) is 2. The van der Waals surface area contributed by atoms with Crippen LogP contribution in [-0.4, -0.2) is 44.3 Å². The molecule has 9 heteroatoms. The Morgan fingerprint density at radius 3 is 1.98 bits per heavy atom. The zero-order valence-corrected chi connectivity index (χ0v) is 27.6. The number of hydrogen-bond donors (Lipinski definition) is 1. The van der Waals surface area contributed by atoms with Crippen LogP contribution in [0.15, 0.2) is 119 Å². The Morgan fingerprint density at radius 2 is 1.39 bits per heavy atom. The third kappa shape index (κ3) is 8.80. The molecule has 0 aromatic heterocycles. The fraction of sp³-hybridized carbons (Fsp3) is 0.257. The van der Waals surface area contributed by atoms with E-state index in [2.05, 4.69) is 21.2 Å². The number of rotatable bonds is 13. The molecule has 44 heavy (non-hydrogen) atoms. The normalized spacial score (nSPS) is 12.0. The van der Waals surface area contributed by atoms with E-state index >= 15 is 0 Å². The maximum atomic E-state index is 14.4. The molecule has 0 unspecified atom stereocenters. The number of amides is 2. The molecule has 0 radical (unpaired) electrons. The summed E-state index contributed by atoms with van der Waals surface area (Å²) in [4.78, 5) is 29.8. The zero-order valence-electron chi connectivity index (χ0n) is 25.2. The van der Waals surface area contributed by atoms with Crippen molar-refractivity contribution in [3.05, 3.63) is 130 Å². The zero-order chi connectivity index (χ0) is 31.7. The molecule has 4 rings (SSSR count). The highest BCUT2D eigenvalue weighted by atomic mass is 79.9. The second-order valence-corrected chi connectivity index (χ2v) is 13.9. The first-order valence-electron chi connectivity index (χ1n) is 14.5. The molecule has 1 N–H and O–H groups in total. The minimum atomic E-state index is -4.13. The molecule has 230 valence electrons. The van der Waals surface area contributed by atoms with Gasteiger partial charge in [0.25, 0.3) is 10.0 Å². The van der Waals surface area contributed by atoms with Crippen molar-refractivity contribution in [3.63, 3.8) is 0 Å². The quantitative estimate of drug-likeness (QED) is 0.179. The number of benzene rings is 4. The Labute approximate surface area is 269 Å². The summed E-state index contributed by atoms with van der Waals surface area (Å²) >= 11 is 3.41. The van der Waals surface area contributed by atoms with Crippen LogP contribution in [0, 0.1) is 12.8 Å². The van der Waals surface area contributed by atoms with Crippen molar-refractivity contribution in [2.75, 3.05) is 17.4 Å². The van der Waals surface area contributed by atoms with Gasteiger partial charge in [-0.3, -0.25) is 13.9 Å². The average Bonchev–Trinajstić information content (AvgIpc) is 3.02. The smallest absolute Gasteiger partial charge is 0.264 e. The van der Waals surface area contributed by atoms with Gasteiger partial charge in [-0.05, 0) is 60.4 Å². The molecule has 4 aromatic rings. The summed E-state index contributed by atoms with van der Waals surface area (Å²) in [5.41, 5.74) is 3.13. The summed E-state index contributed by atoms with van der Waals surface area (Å²) in [5.74, 6) is -0.570. The van der Waals surface area contributed by atoms with E-state index in [1.165, 1.54) is 17.0 Å². The van der Waals surface area contributed by atoms with Crippen molar-refractivity contribution in [1.82, 2.24) is 10.2 Å². The molecule has 0 bridgehead atoms. The minimum absolute atomic E-state index is 0.0660. The van der Waals surface area contributed by atoms with E-state index in [1.54, 1.807) is 42.5 Å². The van der Waals surface area contributed by atoms with E-state index < -0.39 is 28.5 Å². The van der Waals surface area contributed by atoms with Crippen molar-refractivity contribution in [2.45, 2.75) is 44.7 Å². The third-order valence-electron chi connectivity index (χ3n) is 7.15. The summed E-state index contributed by atoms with van der Waals surface area (Å²) in [6, 6.07) is 31.2. The maximum absolute atomic E-state index is 14.4. The Bertz CT molecular complexity index is 1630. The number of carbonyl (C=O) groups is 2. The van der Waals surface area contributed by atoms with Crippen LogP contribution in [0.4, 0.5) is 5.69 Å². The second-order valence-electron chi connectivity index (χ2n) is 11.2. The number of nitrogens with one attached hydrogen (secondary N) is 1. The third-order valence-corrected chi connectivity index (χ3v) is 9.47. The number of halogens is 1. The van der Waals surface area contributed by atoms with Gasteiger partial charge < -0.3 is 10.2 Å². The first kappa shape index (κ1) is 33.0. The van der Waals surface area contributed by atoms with Gasteiger partial charge in [0.15, 0.2) is 0 Å². The Hall–Kier alpha value is -3.95. The minimum Gasteiger partial charge on any atom is -0.354 e. The summed E-state index contributed by atoms with van der Waals surface area (Å²) in [5, 5.41) is 3.01. The van der Waals surface area contributed by atoms with Gasteiger partial charge in [0.1, 0.15) is 12.6 Å². The van der Waals surface area contributed by atoms with E-state index in [4.69, 9.17) is 0 Å². The molecule has 0 saturated heterocycles. The highest BCUT2D eigenvalue weighted by Gasteiger charge is 2.34. The van der Waals surface area contributed by atoms with E-state index in [-0.39, 0.29) is 29.7 Å². The van der Waals surface area contributed by atoms with Gasteiger partial charge in [-0.15, -0.1) is 0 Å². The van der Waals surface area contributed by atoms with Gasteiger partial charge in [-0.2, -0.15) is 0 Å². The number of carbonyl (C=O) groups excluding carboxylic acids is 2. The number of anilines is 1. The highest BCUT2D eigenvalue weighted by molar-refractivity contribution is 9.10. The van der Waals surface area contributed by atoms with E-state index in [1.807, 2.05) is 75.4 Å². The first-order chi connectivity index (χ1) is 21.0. The molecular formula is C35H38BrN3O4S. The number of sulfonamides is 1. The van der Waals surface area contributed by atoms with Crippen molar-refractivity contribution in [3.8, 4) is 0 Å². The van der Waals surface area contributed by atoms with Gasteiger partial charge in [0.2, 0.25) is 11.8 Å². The summed E-state index contributed by atoms with van der Waals surface area (Å²) in [6.07, 6.45) is 0.270. The van der Waals surface area contributed by atoms with Crippen molar-refractivity contribution >= 4 is 43.5 Å². The predicted octanol–water partition coefficient (Wildman–Crippen LogP) is 6.37. The maximum Gasteiger partial charge on any atom is 0.264 e. The van der Waals surface area contributed by atoms with Gasteiger partial charge in [-0.1, -0.05) is 108 Å². The lowest BCUT2D eigenvalue weighted by Gasteiger charge is -2.34. The predicted molar refractivity (Wildman–Crippen MR) is 179 cm³/mol. The van der Waals surface area contributed by atoms with Gasteiger partial charge in [0.05, 0.1) is 10.6 Å². The topological polar surface area (TPSA) is 86.8 Å². The van der Waals surface area contributed by atoms with Gasteiger partial charge in [0, 0.05) is 24.0 Å². The number of aryl methyl sites for hydroxylation is 1. The fourth-order valence-corrected chi connectivity index (χ4v) is 6.42. The standard InChI is InChI=1S/C35H38BrN3O4S/c1-26(2)23-37-35(41)33(22-28-10-6-4-7-11-28)38(24-29-16-14-27(3)15-17-29)34(40)25-39(31-20-18-30(36)19-21-31)44(42,43)32-12-8-5-9-13-32/h4-21,26,33H,22-25H2,1-3H3,(H,37,41)/t33-/m1/s1. The van der Waals surface area contributed by atoms with Crippen LogP contribution < -0.4 is 9.62 Å². The molecule has 0 aliphatic carbocycles. The Kier molecular flexibility index (Phi) is 11.4. The summed E-state index contributed by atoms with van der Waals surface area (Å²) < 4.78 is 29.9. The van der Waals surface area contributed by atoms with E-state index in [0.29, 0.717) is 12.2 Å². The molecule has 0 saturated carbocycles. The number of hydrogen-bond acceptors (Lipinski definition) is 4. The van der Waals surface area contributed by atoms with Crippen LogP contribution >= 0.6 is 15.9 Å². The molecule has 0 aliphatic heterocycles. The Balaban J connectivity index is 1.78. The van der Waals surface area contributed by atoms with Crippen LogP contribution in [0.3, 0.4) is 0 Å². The molecule has 0 heterocycles. The Morgan fingerprint density at radius 1 is 0.795 bits per heavy atom. The highest BCUT2D eigenvalue weighted by Crippen LogP contribution is 2.26. The second kappa shape index (κ2) is 15.2. The van der Waals surface area contributed by atoms with Crippen LogP contribution in [-0.2, 0) is 32.6 Å². The van der Waals surface area contributed by atoms with Crippen LogP contribution in [0.1, 0.15) is 30.5 Å². The average molecular weight is 677 g/mol. The lowest BCUT2D eigenvalue weighted by Crippen LogP contribution is -2.53. The van der Waals surface area contributed by atoms with Gasteiger partial charge >= 0.3 is 0 Å². The molecule has 2 amide bonds. The molecule has 7 nitrogen and oxygen atoms in total. The largest absolute Gasteiger partial charge is 0.354 e. The summed E-state index contributed by atoms with van der Waals surface area (Å²) in [7, 11) is -4.13. The van der Waals surface area contributed by atoms with E-state index in [0.717, 1.165) is 25.5 Å². The van der Waals surface area contributed by atoms with Gasteiger partial charge in [-0.25, -0.2) is 8.42 Å². The fourth-order valence-electron chi connectivity index (χ4n) is 4.72. The molecule has 0 fully saturated rings. The SMILES string of the molecule is Cc1ccc(CN(C(=O)CN(c2ccc(Br)cc2)S(=O)(=O)c2ccccc2)[C@H](Cc2ccccc2)C(=O)NCC(C)C)cc1. The van der Waals surface area contributed by atoms with Crippen LogP contribution in [0.2, 0.25) is 0 Å². The molecular weight excluding hydrogens is 638 g/mol. The monoisotopic (exact) mass is 675 g/mol. The molecule has 4 aromatic carbocycles. The summed E-state index contributed by atoms with van der Waals surface area (Å²) in [6.45, 7) is 6.08. The lowest BCUT2D eigenvalue weighted by molar-refractivity contribution is -0.140.